The third kappa shape index (κ3) is 5.96. The molecule has 0 radical (unpaired) electrons. The number of nitrogens with one attached hydrogen (secondary N) is 2. The zero-order chi connectivity index (χ0) is 20.0. The van der Waals surface area contributed by atoms with Gasteiger partial charge >= 0.3 is 0 Å². The maximum absolute atomic E-state index is 12.6. The molecular formula is C20H28ClN3O3. The van der Waals surface area contributed by atoms with E-state index in [0.29, 0.717) is 48.2 Å². The zero-order valence-corrected chi connectivity index (χ0v) is 16.9. The van der Waals surface area contributed by atoms with Crippen molar-refractivity contribution in [3.8, 4) is 0 Å². The van der Waals surface area contributed by atoms with Crippen LogP contribution >= 0.6 is 11.6 Å². The first-order valence-electron chi connectivity index (χ1n) is 9.48. The Balaban J connectivity index is 1.98. The Morgan fingerprint density at radius 2 is 2.04 bits per heavy atom. The maximum atomic E-state index is 12.6. The molecule has 1 aliphatic heterocycles. The summed E-state index contributed by atoms with van der Waals surface area (Å²) < 4.78 is 0. The molecule has 7 heteroatoms. The van der Waals surface area contributed by atoms with Gasteiger partial charge in [-0.2, -0.15) is 0 Å². The van der Waals surface area contributed by atoms with E-state index in [1.807, 2.05) is 20.8 Å². The van der Waals surface area contributed by atoms with Gasteiger partial charge in [0.1, 0.15) is 0 Å². The van der Waals surface area contributed by atoms with E-state index in [-0.39, 0.29) is 23.6 Å². The van der Waals surface area contributed by atoms with Crippen molar-refractivity contribution in [3.05, 3.63) is 28.8 Å². The number of likely N-dealkylation sites (tertiary alicyclic amines) is 1. The largest absolute Gasteiger partial charge is 0.352 e. The Kier molecular flexibility index (Phi) is 7.66. The number of carbonyl (C=O) groups excluding carboxylic acids is 3. The van der Waals surface area contributed by atoms with Crippen LogP contribution in [0.15, 0.2) is 18.2 Å². The van der Waals surface area contributed by atoms with E-state index in [2.05, 4.69) is 10.6 Å². The summed E-state index contributed by atoms with van der Waals surface area (Å²) >= 11 is 6.23. The SMILES string of the molecule is CCC(=O)N1CCCC(C(=O)Nc2ccc(C(=O)NCC(C)C)c(Cl)c2)C1. The molecule has 1 fully saturated rings. The average molecular weight is 394 g/mol. The lowest BCUT2D eigenvalue weighted by molar-refractivity contribution is -0.134. The lowest BCUT2D eigenvalue weighted by Gasteiger charge is -2.31. The van der Waals surface area contributed by atoms with Crippen LogP contribution in [0.2, 0.25) is 5.02 Å². The summed E-state index contributed by atoms with van der Waals surface area (Å²) in [6.45, 7) is 7.58. The molecule has 6 nitrogen and oxygen atoms in total. The van der Waals surface area contributed by atoms with Gasteiger partial charge in [0.25, 0.3) is 5.91 Å². The number of hydrogen-bond donors (Lipinski definition) is 2. The second-order valence-electron chi connectivity index (χ2n) is 7.32. The van der Waals surface area contributed by atoms with Gasteiger partial charge < -0.3 is 15.5 Å². The molecular weight excluding hydrogens is 366 g/mol. The molecule has 1 aliphatic rings. The number of hydrogen-bond acceptors (Lipinski definition) is 3. The average Bonchev–Trinajstić information content (AvgIpc) is 2.65. The zero-order valence-electron chi connectivity index (χ0n) is 16.2. The van der Waals surface area contributed by atoms with E-state index in [4.69, 9.17) is 11.6 Å². The van der Waals surface area contributed by atoms with Gasteiger partial charge in [-0.25, -0.2) is 0 Å². The van der Waals surface area contributed by atoms with Crippen LogP contribution in [-0.4, -0.2) is 42.3 Å². The second kappa shape index (κ2) is 9.74. The van der Waals surface area contributed by atoms with Gasteiger partial charge in [-0.1, -0.05) is 32.4 Å². The summed E-state index contributed by atoms with van der Waals surface area (Å²) in [6.07, 6.45) is 2.02. The Hall–Kier alpha value is -2.08. The second-order valence-corrected chi connectivity index (χ2v) is 7.73. The highest BCUT2D eigenvalue weighted by molar-refractivity contribution is 6.34. The number of benzene rings is 1. The van der Waals surface area contributed by atoms with Crippen LogP contribution in [0.1, 0.15) is 50.4 Å². The van der Waals surface area contributed by atoms with Gasteiger partial charge in [-0.05, 0) is 37.0 Å². The summed E-state index contributed by atoms with van der Waals surface area (Å²) in [6, 6.07) is 4.87. The van der Waals surface area contributed by atoms with E-state index >= 15 is 0 Å². The van der Waals surface area contributed by atoms with Crippen LogP contribution in [0.5, 0.6) is 0 Å². The van der Waals surface area contributed by atoms with Crippen LogP contribution < -0.4 is 10.6 Å². The minimum absolute atomic E-state index is 0.0762. The molecule has 148 valence electrons. The molecule has 2 rings (SSSR count). The fourth-order valence-electron chi connectivity index (χ4n) is 3.05. The number of carbonyl (C=O) groups is 3. The van der Waals surface area contributed by atoms with Gasteiger partial charge in [0.2, 0.25) is 11.8 Å². The highest BCUT2D eigenvalue weighted by atomic mass is 35.5. The number of rotatable bonds is 6. The summed E-state index contributed by atoms with van der Waals surface area (Å²) in [5, 5.41) is 5.97. The van der Waals surface area contributed by atoms with Crippen molar-refractivity contribution in [2.75, 3.05) is 25.0 Å². The quantitative estimate of drug-likeness (QED) is 0.778. The predicted octanol–water partition coefficient (Wildman–Crippen LogP) is 3.31. The van der Waals surface area contributed by atoms with Gasteiger partial charge in [0, 0.05) is 31.7 Å². The van der Waals surface area contributed by atoms with Crippen LogP contribution in [0.3, 0.4) is 0 Å². The molecule has 3 amide bonds. The topological polar surface area (TPSA) is 78.5 Å². The van der Waals surface area contributed by atoms with E-state index < -0.39 is 0 Å². The van der Waals surface area contributed by atoms with Crippen molar-refractivity contribution in [2.24, 2.45) is 11.8 Å². The molecule has 0 spiro atoms. The molecule has 1 aromatic carbocycles. The van der Waals surface area contributed by atoms with Crippen LogP contribution in [0, 0.1) is 11.8 Å². The third-order valence-electron chi connectivity index (χ3n) is 4.60. The molecule has 0 bridgehead atoms. The van der Waals surface area contributed by atoms with E-state index in [1.54, 1.807) is 23.1 Å². The number of halogens is 1. The van der Waals surface area contributed by atoms with Crippen LogP contribution in [-0.2, 0) is 9.59 Å². The lowest BCUT2D eigenvalue weighted by atomic mass is 9.96. The number of piperidine rings is 1. The molecule has 2 N–H and O–H groups in total. The van der Waals surface area contributed by atoms with E-state index in [0.717, 1.165) is 12.8 Å². The number of nitrogens with zero attached hydrogens (tertiary/aromatic N) is 1. The summed E-state index contributed by atoms with van der Waals surface area (Å²) in [5.74, 6) is -0.167. The first-order chi connectivity index (χ1) is 12.8. The Bertz CT molecular complexity index is 706. The van der Waals surface area contributed by atoms with Gasteiger partial charge in [-0.3, -0.25) is 14.4 Å². The first-order valence-corrected chi connectivity index (χ1v) is 9.86. The van der Waals surface area contributed by atoms with Gasteiger partial charge in [-0.15, -0.1) is 0 Å². The molecule has 0 saturated carbocycles. The molecule has 1 saturated heterocycles. The molecule has 1 heterocycles. The highest BCUT2D eigenvalue weighted by Gasteiger charge is 2.28. The Morgan fingerprint density at radius 3 is 2.67 bits per heavy atom. The van der Waals surface area contributed by atoms with Crippen molar-refractivity contribution in [2.45, 2.75) is 40.0 Å². The maximum Gasteiger partial charge on any atom is 0.252 e. The summed E-state index contributed by atoms with van der Waals surface area (Å²) in [5.41, 5.74) is 0.928. The molecule has 1 unspecified atom stereocenters. The highest BCUT2D eigenvalue weighted by Crippen LogP contribution is 2.23. The summed E-state index contributed by atoms with van der Waals surface area (Å²) in [4.78, 5) is 38.3. The summed E-state index contributed by atoms with van der Waals surface area (Å²) in [7, 11) is 0. The smallest absolute Gasteiger partial charge is 0.252 e. The minimum Gasteiger partial charge on any atom is -0.352 e. The first kappa shape index (κ1) is 21.2. The van der Waals surface area contributed by atoms with E-state index in [1.165, 1.54) is 0 Å². The minimum atomic E-state index is -0.234. The molecule has 27 heavy (non-hydrogen) atoms. The lowest BCUT2D eigenvalue weighted by Crippen LogP contribution is -2.43. The van der Waals surface area contributed by atoms with Crippen LogP contribution in [0.4, 0.5) is 5.69 Å². The van der Waals surface area contributed by atoms with Gasteiger partial charge in [0.15, 0.2) is 0 Å². The fourth-order valence-corrected chi connectivity index (χ4v) is 3.32. The standard InChI is InChI=1S/C20H28ClN3O3/c1-4-18(25)24-9-5-6-14(12-24)19(26)23-15-7-8-16(17(21)10-15)20(27)22-11-13(2)3/h7-8,10,13-14H,4-6,9,11-12H2,1-3H3,(H,22,27)(H,23,26). The van der Waals surface area contributed by atoms with Crippen LogP contribution in [0.25, 0.3) is 0 Å². The van der Waals surface area contributed by atoms with Crippen molar-refractivity contribution in [3.63, 3.8) is 0 Å². The third-order valence-corrected chi connectivity index (χ3v) is 4.91. The van der Waals surface area contributed by atoms with Crippen molar-refractivity contribution < 1.29 is 14.4 Å². The van der Waals surface area contributed by atoms with Crippen molar-refractivity contribution in [1.29, 1.82) is 0 Å². The Morgan fingerprint density at radius 1 is 1.30 bits per heavy atom. The molecule has 0 aromatic heterocycles. The molecule has 1 atom stereocenters. The van der Waals surface area contributed by atoms with Crippen molar-refractivity contribution >= 4 is 35.0 Å². The fraction of sp³-hybridized carbons (Fsp3) is 0.550. The monoisotopic (exact) mass is 393 g/mol. The van der Waals surface area contributed by atoms with E-state index in [9.17, 15) is 14.4 Å². The normalized spacial score (nSPS) is 16.9. The predicted molar refractivity (Wildman–Crippen MR) is 107 cm³/mol. The number of anilines is 1. The van der Waals surface area contributed by atoms with Gasteiger partial charge in [0.05, 0.1) is 16.5 Å². The molecule has 0 aliphatic carbocycles. The Labute approximate surface area is 165 Å². The molecule has 1 aromatic rings. The van der Waals surface area contributed by atoms with Crippen molar-refractivity contribution in [1.82, 2.24) is 10.2 Å². The number of amides is 3.